The molecule has 6 nitrogen and oxygen atoms in total. The van der Waals surface area contributed by atoms with Crippen molar-refractivity contribution in [1.29, 1.82) is 0 Å². The van der Waals surface area contributed by atoms with Crippen LogP contribution < -0.4 is 15.6 Å². The Kier molecular flexibility index (Phi) is 7.03. The molecule has 0 radical (unpaired) electrons. The highest BCUT2D eigenvalue weighted by atomic mass is 79.9. The van der Waals surface area contributed by atoms with Crippen molar-refractivity contribution in [2.75, 3.05) is 27.2 Å². The molecule has 0 aromatic heterocycles. The Balaban J connectivity index is 2.20. The van der Waals surface area contributed by atoms with E-state index < -0.39 is 5.91 Å². The third kappa shape index (κ3) is 7.10. The predicted molar refractivity (Wildman–Crippen MR) is 79.1 cm³/mol. The summed E-state index contributed by atoms with van der Waals surface area (Å²) in [7, 11) is 3.75. The average Bonchev–Trinajstić information content (AvgIpc) is 2.42. The third-order valence-corrected chi connectivity index (χ3v) is 2.84. The van der Waals surface area contributed by atoms with Gasteiger partial charge < -0.3 is 9.64 Å². The molecular weight excluding hydrogens is 326 g/mol. The Labute approximate surface area is 126 Å². The van der Waals surface area contributed by atoms with E-state index in [2.05, 4.69) is 26.8 Å². The molecular formula is C13H18BrN3O3. The van der Waals surface area contributed by atoms with E-state index in [0.717, 1.165) is 4.47 Å². The van der Waals surface area contributed by atoms with Gasteiger partial charge in [-0.25, -0.2) is 0 Å². The monoisotopic (exact) mass is 343 g/mol. The van der Waals surface area contributed by atoms with Gasteiger partial charge in [0.15, 0.2) is 6.61 Å². The van der Waals surface area contributed by atoms with Crippen LogP contribution in [-0.2, 0) is 9.59 Å². The summed E-state index contributed by atoms with van der Waals surface area (Å²) < 4.78 is 6.19. The first kappa shape index (κ1) is 16.5. The van der Waals surface area contributed by atoms with Gasteiger partial charge in [-0.2, -0.15) is 0 Å². The Morgan fingerprint density at radius 2 is 1.75 bits per heavy atom. The molecule has 0 saturated heterocycles. The third-order valence-electron chi connectivity index (χ3n) is 2.31. The molecule has 0 aliphatic heterocycles. The first-order valence-electron chi connectivity index (χ1n) is 6.08. The smallest absolute Gasteiger partial charge is 0.276 e. The minimum atomic E-state index is -0.411. The van der Waals surface area contributed by atoms with Gasteiger partial charge in [-0.05, 0) is 38.4 Å². The lowest BCUT2D eigenvalue weighted by atomic mass is 10.3. The van der Waals surface area contributed by atoms with Crippen molar-refractivity contribution in [1.82, 2.24) is 15.8 Å². The number of carbonyl (C=O) groups is 2. The first-order chi connectivity index (χ1) is 9.47. The molecule has 7 heteroatoms. The maximum atomic E-state index is 11.5. The molecule has 0 bridgehead atoms. The highest BCUT2D eigenvalue weighted by Crippen LogP contribution is 2.15. The largest absolute Gasteiger partial charge is 0.484 e. The van der Waals surface area contributed by atoms with Gasteiger partial charge in [0, 0.05) is 17.4 Å². The van der Waals surface area contributed by atoms with E-state index in [-0.39, 0.29) is 12.5 Å². The molecule has 0 aliphatic carbocycles. The Hall–Kier alpha value is -1.60. The van der Waals surface area contributed by atoms with Crippen LogP contribution in [0.2, 0.25) is 0 Å². The van der Waals surface area contributed by atoms with Crippen molar-refractivity contribution >= 4 is 27.7 Å². The molecule has 0 saturated carbocycles. The normalized spacial score (nSPS) is 10.2. The van der Waals surface area contributed by atoms with Crippen LogP contribution in [0.25, 0.3) is 0 Å². The summed E-state index contributed by atoms with van der Waals surface area (Å²) >= 11 is 3.31. The number of rotatable bonds is 6. The topological polar surface area (TPSA) is 70.7 Å². The lowest BCUT2D eigenvalue weighted by Gasteiger charge is -2.11. The second kappa shape index (κ2) is 8.55. The van der Waals surface area contributed by atoms with Crippen LogP contribution in [0.1, 0.15) is 6.42 Å². The summed E-state index contributed by atoms with van der Waals surface area (Å²) in [5.41, 5.74) is 4.63. The van der Waals surface area contributed by atoms with Gasteiger partial charge in [0.25, 0.3) is 5.91 Å². The number of hydrazine groups is 1. The summed E-state index contributed by atoms with van der Waals surface area (Å²) in [5.74, 6) is -0.0657. The number of nitrogens with zero attached hydrogens (tertiary/aromatic N) is 1. The fourth-order valence-electron chi connectivity index (χ4n) is 1.24. The average molecular weight is 344 g/mol. The number of carbonyl (C=O) groups excluding carboxylic acids is 2. The maximum absolute atomic E-state index is 11.5. The summed E-state index contributed by atoms with van der Waals surface area (Å²) in [6.07, 6.45) is 0.320. The fraction of sp³-hybridized carbons (Fsp3) is 0.385. The van der Waals surface area contributed by atoms with Crippen molar-refractivity contribution in [2.24, 2.45) is 0 Å². The van der Waals surface area contributed by atoms with E-state index in [1.807, 2.05) is 31.1 Å². The van der Waals surface area contributed by atoms with Crippen LogP contribution in [0.15, 0.2) is 28.7 Å². The highest BCUT2D eigenvalue weighted by molar-refractivity contribution is 9.10. The quantitative estimate of drug-likeness (QED) is 0.754. The zero-order chi connectivity index (χ0) is 15.0. The molecule has 1 aromatic carbocycles. The first-order valence-corrected chi connectivity index (χ1v) is 6.87. The number of nitrogens with one attached hydrogen (secondary N) is 2. The van der Waals surface area contributed by atoms with E-state index in [4.69, 9.17) is 4.74 Å². The van der Waals surface area contributed by atoms with Crippen LogP contribution in [0, 0.1) is 0 Å². The zero-order valence-corrected chi connectivity index (χ0v) is 13.1. The summed E-state index contributed by atoms with van der Waals surface area (Å²) in [4.78, 5) is 24.7. The number of benzene rings is 1. The van der Waals surface area contributed by atoms with E-state index in [0.29, 0.717) is 18.7 Å². The number of ether oxygens (including phenoxy) is 1. The molecule has 1 rings (SSSR count). The van der Waals surface area contributed by atoms with E-state index in [1.54, 1.807) is 12.1 Å². The molecule has 1 aromatic rings. The lowest BCUT2D eigenvalue weighted by molar-refractivity contribution is -0.130. The van der Waals surface area contributed by atoms with Crippen LogP contribution >= 0.6 is 15.9 Å². The van der Waals surface area contributed by atoms with Gasteiger partial charge >= 0.3 is 0 Å². The zero-order valence-electron chi connectivity index (χ0n) is 11.5. The van der Waals surface area contributed by atoms with Crippen LogP contribution in [0.5, 0.6) is 5.75 Å². The molecule has 110 valence electrons. The second-order valence-electron chi connectivity index (χ2n) is 4.39. The van der Waals surface area contributed by atoms with Crippen molar-refractivity contribution in [3.8, 4) is 5.75 Å². The Morgan fingerprint density at radius 3 is 2.35 bits per heavy atom. The van der Waals surface area contributed by atoms with E-state index in [9.17, 15) is 9.59 Å². The SMILES string of the molecule is CN(C)CCC(=O)NNC(=O)COc1ccc(Br)cc1. The minimum Gasteiger partial charge on any atom is -0.484 e. The molecule has 0 atom stereocenters. The Bertz CT molecular complexity index is 449. The number of hydrogen-bond acceptors (Lipinski definition) is 4. The lowest BCUT2D eigenvalue weighted by Crippen LogP contribution is -2.44. The van der Waals surface area contributed by atoms with Crippen LogP contribution in [0.4, 0.5) is 0 Å². The highest BCUT2D eigenvalue weighted by Gasteiger charge is 2.06. The van der Waals surface area contributed by atoms with Crippen molar-refractivity contribution in [2.45, 2.75) is 6.42 Å². The van der Waals surface area contributed by atoms with Gasteiger partial charge in [-0.15, -0.1) is 0 Å². The standard InChI is InChI=1S/C13H18BrN3O3/c1-17(2)8-7-12(18)15-16-13(19)9-20-11-5-3-10(14)4-6-11/h3-6H,7-9H2,1-2H3,(H,15,18)(H,16,19). The fourth-order valence-corrected chi connectivity index (χ4v) is 1.51. The van der Waals surface area contributed by atoms with Crippen molar-refractivity contribution < 1.29 is 14.3 Å². The minimum absolute atomic E-state index is 0.157. The molecule has 20 heavy (non-hydrogen) atoms. The molecule has 0 fully saturated rings. The molecule has 2 amide bonds. The van der Waals surface area contributed by atoms with Gasteiger partial charge in [0.2, 0.25) is 5.91 Å². The molecule has 0 spiro atoms. The van der Waals surface area contributed by atoms with Crippen molar-refractivity contribution in [3.05, 3.63) is 28.7 Å². The Morgan fingerprint density at radius 1 is 1.15 bits per heavy atom. The van der Waals surface area contributed by atoms with Crippen LogP contribution in [-0.4, -0.2) is 44.0 Å². The van der Waals surface area contributed by atoms with E-state index in [1.165, 1.54) is 0 Å². The number of halogens is 1. The van der Waals surface area contributed by atoms with Gasteiger partial charge in [0.1, 0.15) is 5.75 Å². The molecule has 0 heterocycles. The van der Waals surface area contributed by atoms with Crippen LogP contribution in [0.3, 0.4) is 0 Å². The van der Waals surface area contributed by atoms with Gasteiger partial charge in [-0.3, -0.25) is 20.4 Å². The summed E-state index contributed by atoms with van der Waals surface area (Å²) in [6, 6.07) is 7.12. The molecule has 2 N–H and O–H groups in total. The van der Waals surface area contributed by atoms with Gasteiger partial charge in [0.05, 0.1) is 0 Å². The second-order valence-corrected chi connectivity index (χ2v) is 5.31. The molecule has 0 aliphatic rings. The van der Waals surface area contributed by atoms with Crippen molar-refractivity contribution in [3.63, 3.8) is 0 Å². The summed E-state index contributed by atoms with van der Waals surface area (Å²) in [6.45, 7) is 0.465. The maximum Gasteiger partial charge on any atom is 0.276 e. The predicted octanol–water partition coefficient (Wildman–Crippen LogP) is 0.927. The van der Waals surface area contributed by atoms with E-state index >= 15 is 0 Å². The molecule has 0 unspecified atom stereocenters. The number of hydrogen-bond donors (Lipinski definition) is 2. The number of amides is 2. The van der Waals surface area contributed by atoms with Gasteiger partial charge in [-0.1, -0.05) is 15.9 Å². The summed E-state index contributed by atoms with van der Waals surface area (Å²) in [5, 5.41) is 0.